The fourth-order valence-electron chi connectivity index (χ4n) is 1.94. The summed E-state index contributed by atoms with van der Waals surface area (Å²) in [6.45, 7) is 2.33. The van der Waals surface area contributed by atoms with Gasteiger partial charge in [0.25, 0.3) is 5.91 Å². The van der Waals surface area contributed by atoms with E-state index in [1.807, 2.05) is 37.3 Å². The first-order valence-electron chi connectivity index (χ1n) is 6.46. The van der Waals surface area contributed by atoms with Gasteiger partial charge in [0.15, 0.2) is 11.6 Å². The number of benzene rings is 2. The molecule has 110 valence electrons. The van der Waals surface area contributed by atoms with E-state index >= 15 is 0 Å². The minimum Gasteiger partial charge on any atom is -0.351 e. The van der Waals surface area contributed by atoms with Gasteiger partial charge in [-0.15, -0.1) is 0 Å². The second-order valence-electron chi connectivity index (χ2n) is 4.77. The van der Waals surface area contributed by atoms with Crippen molar-refractivity contribution in [3.8, 4) is 0 Å². The topological polar surface area (TPSA) is 29.1 Å². The van der Waals surface area contributed by atoms with Crippen LogP contribution in [0, 0.1) is 11.6 Å². The molecule has 1 atom stereocenters. The van der Waals surface area contributed by atoms with Gasteiger partial charge in [-0.05, 0) is 23.6 Å². The quantitative estimate of drug-likeness (QED) is 0.845. The van der Waals surface area contributed by atoms with Gasteiger partial charge in [0, 0.05) is 6.54 Å². The summed E-state index contributed by atoms with van der Waals surface area (Å²) in [5, 5.41) is 2.56. The molecule has 2 rings (SSSR count). The molecule has 2 aromatic carbocycles. The molecule has 0 spiro atoms. The molecule has 0 saturated carbocycles. The van der Waals surface area contributed by atoms with Crippen molar-refractivity contribution in [3.05, 3.63) is 70.2 Å². The SMILES string of the molecule is CC(CNC(=O)c1cc(F)c(F)cc1Cl)c1ccccc1. The normalized spacial score (nSPS) is 12.0. The number of amides is 1. The van der Waals surface area contributed by atoms with E-state index in [0.717, 1.165) is 17.7 Å². The lowest BCUT2D eigenvalue weighted by Crippen LogP contribution is -2.28. The molecule has 0 aliphatic rings. The Labute approximate surface area is 126 Å². The summed E-state index contributed by atoms with van der Waals surface area (Å²) in [5.41, 5.74) is 1.00. The van der Waals surface area contributed by atoms with Crippen LogP contribution >= 0.6 is 11.6 Å². The third kappa shape index (κ3) is 3.79. The molecule has 0 bridgehead atoms. The highest BCUT2D eigenvalue weighted by Crippen LogP contribution is 2.20. The Morgan fingerprint density at radius 2 is 1.81 bits per heavy atom. The van der Waals surface area contributed by atoms with Crippen LogP contribution in [0.25, 0.3) is 0 Å². The fraction of sp³-hybridized carbons (Fsp3) is 0.188. The Kier molecular flexibility index (Phi) is 4.91. The molecule has 2 aromatic rings. The summed E-state index contributed by atoms with van der Waals surface area (Å²) in [5.74, 6) is -2.60. The third-order valence-electron chi connectivity index (χ3n) is 3.19. The number of rotatable bonds is 4. The Morgan fingerprint density at radius 3 is 2.48 bits per heavy atom. The first kappa shape index (κ1) is 15.4. The summed E-state index contributed by atoms with van der Waals surface area (Å²) in [6.07, 6.45) is 0. The summed E-state index contributed by atoms with van der Waals surface area (Å²) >= 11 is 5.76. The standard InChI is InChI=1S/C16H14ClF2NO/c1-10(11-5-3-2-4-6-11)9-20-16(21)12-7-14(18)15(19)8-13(12)17/h2-8,10H,9H2,1H3,(H,20,21). The molecular formula is C16H14ClF2NO. The number of hydrogen-bond donors (Lipinski definition) is 1. The van der Waals surface area contributed by atoms with E-state index < -0.39 is 17.5 Å². The molecule has 0 fully saturated rings. The molecule has 0 aliphatic carbocycles. The van der Waals surface area contributed by atoms with Gasteiger partial charge in [-0.2, -0.15) is 0 Å². The van der Waals surface area contributed by atoms with E-state index in [-0.39, 0.29) is 16.5 Å². The minimum atomic E-state index is -1.10. The second-order valence-corrected chi connectivity index (χ2v) is 5.18. The first-order chi connectivity index (χ1) is 9.99. The number of carbonyl (C=O) groups is 1. The number of nitrogens with one attached hydrogen (secondary N) is 1. The maximum absolute atomic E-state index is 13.2. The van der Waals surface area contributed by atoms with Crippen LogP contribution in [0.3, 0.4) is 0 Å². The van der Waals surface area contributed by atoms with Gasteiger partial charge in [-0.1, -0.05) is 48.9 Å². The van der Waals surface area contributed by atoms with E-state index in [9.17, 15) is 13.6 Å². The second kappa shape index (κ2) is 6.68. The van der Waals surface area contributed by atoms with Crippen LogP contribution in [0.5, 0.6) is 0 Å². The predicted molar refractivity (Wildman–Crippen MR) is 78.6 cm³/mol. The van der Waals surface area contributed by atoms with Crippen molar-refractivity contribution in [2.24, 2.45) is 0 Å². The van der Waals surface area contributed by atoms with Crippen LogP contribution in [0.2, 0.25) is 5.02 Å². The van der Waals surface area contributed by atoms with E-state index in [2.05, 4.69) is 5.32 Å². The van der Waals surface area contributed by atoms with Crippen LogP contribution < -0.4 is 5.32 Å². The van der Waals surface area contributed by atoms with Crippen LogP contribution in [0.1, 0.15) is 28.8 Å². The van der Waals surface area contributed by atoms with Crippen molar-refractivity contribution >= 4 is 17.5 Å². The molecule has 0 saturated heterocycles. The minimum absolute atomic E-state index is 0.0733. The molecule has 2 nitrogen and oxygen atoms in total. The molecule has 5 heteroatoms. The smallest absolute Gasteiger partial charge is 0.252 e. The van der Waals surface area contributed by atoms with E-state index in [1.165, 1.54) is 0 Å². The molecule has 0 radical (unpaired) electrons. The maximum Gasteiger partial charge on any atom is 0.252 e. The van der Waals surface area contributed by atoms with Gasteiger partial charge >= 0.3 is 0 Å². The third-order valence-corrected chi connectivity index (χ3v) is 3.50. The number of hydrogen-bond acceptors (Lipinski definition) is 1. The van der Waals surface area contributed by atoms with Crippen LogP contribution in [0.4, 0.5) is 8.78 Å². The van der Waals surface area contributed by atoms with Crippen molar-refractivity contribution in [1.82, 2.24) is 5.32 Å². The average molecular weight is 310 g/mol. The van der Waals surface area contributed by atoms with Crippen LogP contribution in [0.15, 0.2) is 42.5 Å². The van der Waals surface area contributed by atoms with Gasteiger partial charge in [-0.3, -0.25) is 4.79 Å². The van der Waals surface area contributed by atoms with Gasteiger partial charge in [0.2, 0.25) is 0 Å². The molecule has 0 aliphatic heterocycles. The zero-order valence-corrected chi connectivity index (χ0v) is 12.1. The molecule has 1 N–H and O–H groups in total. The molecule has 0 aromatic heterocycles. The summed E-state index contributed by atoms with van der Waals surface area (Å²) in [6, 6.07) is 11.3. The number of carbonyl (C=O) groups excluding carboxylic acids is 1. The predicted octanol–water partition coefficient (Wildman–Crippen LogP) is 4.15. The monoisotopic (exact) mass is 309 g/mol. The summed E-state index contributed by atoms with van der Waals surface area (Å²) in [4.78, 5) is 12.0. The molecular weight excluding hydrogens is 296 g/mol. The lowest BCUT2D eigenvalue weighted by atomic mass is 10.0. The highest BCUT2D eigenvalue weighted by molar-refractivity contribution is 6.33. The van der Waals surface area contributed by atoms with Crippen molar-refractivity contribution in [2.45, 2.75) is 12.8 Å². The Morgan fingerprint density at radius 1 is 1.19 bits per heavy atom. The van der Waals surface area contributed by atoms with E-state index in [4.69, 9.17) is 11.6 Å². The lowest BCUT2D eigenvalue weighted by molar-refractivity contribution is 0.0951. The first-order valence-corrected chi connectivity index (χ1v) is 6.84. The largest absolute Gasteiger partial charge is 0.351 e. The molecule has 21 heavy (non-hydrogen) atoms. The highest BCUT2D eigenvalue weighted by atomic mass is 35.5. The Bertz CT molecular complexity index is 646. The summed E-state index contributed by atoms with van der Waals surface area (Å²) < 4.78 is 26.1. The molecule has 0 heterocycles. The van der Waals surface area contributed by atoms with Gasteiger partial charge in [0.05, 0.1) is 10.6 Å². The van der Waals surface area contributed by atoms with Crippen molar-refractivity contribution in [3.63, 3.8) is 0 Å². The van der Waals surface area contributed by atoms with E-state index in [1.54, 1.807) is 0 Å². The Hall–Kier alpha value is -1.94. The fourth-order valence-corrected chi connectivity index (χ4v) is 2.17. The van der Waals surface area contributed by atoms with Crippen molar-refractivity contribution in [1.29, 1.82) is 0 Å². The zero-order valence-electron chi connectivity index (χ0n) is 11.4. The molecule has 1 amide bonds. The van der Waals surface area contributed by atoms with Crippen LogP contribution in [-0.2, 0) is 0 Å². The van der Waals surface area contributed by atoms with Crippen molar-refractivity contribution < 1.29 is 13.6 Å². The van der Waals surface area contributed by atoms with Gasteiger partial charge < -0.3 is 5.32 Å². The van der Waals surface area contributed by atoms with Crippen LogP contribution in [-0.4, -0.2) is 12.5 Å². The highest BCUT2D eigenvalue weighted by Gasteiger charge is 2.15. The van der Waals surface area contributed by atoms with Gasteiger partial charge in [-0.25, -0.2) is 8.78 Å². The Balaban J connectivity index is 2.04. The molecule has 1 unspecified atom stereocenters. The zero-order chi connectivity index (χ0) is 15.4. The average Bonchev–Trinajstić information content (AvgIpc) is 2.49. The number of halogens is 3. The van der Waals surface area contributed by atoms with E-state index in [0.29, 0.717) is 6.54 Å². The maximum atomic E-state index is 13.2. The van der Waals surface area contributed by atoms with Gasteiger partial charge in [0.1, 0.15) is 0 Å². The van der Waals surface area contributed by atoms with Crippen molar-refractivity contribution in [2.75, 3.05) is 6.54 Å². The summed E-state index contributed by atoms with van der Waals surface area (Å²) in [7, 11) is 0. The lowest BCUT2D eigenvalue weighted by Gasteiger charge is -2.13.